The Hall–Kier alpha value is -2.47. The minimum atomic E-state index is -0.263. The summed E-state index contributed by atoms with van der Waals surface area (Å²) in [5, 5.41) is 5.89. The molecule has 0 aliphatic carbocycles. The third-order valence-corrected chi connectivity index (χ3v) is 2.71. The van der Waals surface area contributed by atoms with Crippen molar-refractivity contribution in [3.8, 4) is 0 Å². The number of benzene rings is 1. The number of anilines is 2. The molecule has 0 aliphatic heterocycles. The van der Waals surface area contributed by atoms with Crippen LogP contribution in [0.3, 0.4) is 0 Å². The topological polar surface area (TPSA) is 76.1 Å². The number of nitrogens with one attached hydrogen (secondary N) is 2. The standard InChI is InChI=1S/C15H18N4O2/c1-11-17-13(10-14(18-11)16-8-9-21-2)15(20)19-12-6-4-3-5-7-12/h3-7,10H,8-9H2,1-2H3,(H,19,20)(H,16,17,18). The lowest BCUT2D eigenvalue weighted by molar-refractivity contribution is 0.102. The van der Waals surface area contributed by atoms with E-state index in [-0.39, 0.29) is 5.91 Å². The summed E-state index contributed by atoms with van der Waals surface area (Å²) >= 11 is 0. The Morgan fingerprint density at radius 2 is 2.00 bits per heavy atom. The molecular formula is C15H18N4O2. The number of hydrogen-bond acceptors (Lipinski definition) is 5. The first-order valence-electron chi connectivity index (χ1n) is 6.64. The van der Waals surface area contributed by atoms with E-state index in [1.54, 1.807) is 20.1 Å². The van der Waals surface area contributed by atoms with Gasteiger partial charge in [-0.25, -0.2) is 9.97 Å². The molecule has 6 nitrogen and oxygen atoms in total. The van der Waals surface area contributed by atoms with Gasteiger partial charge in [-0.1, -0.05) is 18.2 Å². The van der Waals surface area contributed by atoms with Gasteiger partial charge in [-0.2, -0.15) is 0 Å². The van der Waals surface area contributed by atoms with Crippen LogP contribution in [0.25, 0.3) is 0 Å². The molecule has 1 aromatic heterocycles. The molecule has 0 spiro atoms. The number of methoxy groups -OCH3 is 1. The number of aryl methyl sites for hydroxylation is 1. The highest BCUT2D eigenvalue weighted by Crippen LogP contribution is 2.10. The van der Waals surface area contributed by atoms with Crippen LogP contribution in [0.1, 0.15) is 16.3 Å². The second kappa shape index (κ2) is 7.35. The monoisotopic (exact) mass is 286 g/mol. The van der Waals surface area contributed by atoms with Crippen LogP contribution < -0.4 is 10.6 Å². The lowest BCUT2D eigenvalue weighted by atomic mass is 10.3. The average molecular weight is 286 g/mol. The summed E-state index contributed by atoms with van der Waals surface area (Å²) in [7, 11) is 1.63. The van der Waals surface area contributed by atoms with Gasteiger partial charge >= 0.3 is 0 Å². The average Bonchev–Trinajstić information content (AvgIpc) is 2.48. The van der Waals surface area contributed by atoms with E-state index in [0.717, 1.165) is 5.69 Å². The maximum absolute atomic E-state index is 12.2. The quantitative estimate of drug-likeness (QED) is 0.795. The number of para-hydroxylation sites is 1. The second-order valence-electron chi connectivity index (χ2n) is 4.43. The van der Waals surface area contributed by atoms with E-state index in [1.807, 2.05) is 30.3 Å². The van der Waals surface area contributed by atoms with Crippen LogP contribution in [-0.4, -0.2) is 36.1 Å². The maximum Gasteiger partial charge on any atom is 0.274 e. The molecule has 0 bridgehead atoms. The Morgan fingerprint density at radius 3 is 2.71 bits per heavy atom. The van der Waals surface area contributed by atoms with Crippen molar-refractivity contribution in [2.45, 2.75) is 6.92 Å². The molecule has 0 saturated carbocycles. The molecule has 2 rings (SSSR count). The van der Waals surface area contributed by atoms with Crippen molar-refractivity contribution in [1.82, 2.24) is 9.97 Å². The van der Waals surface area contributed by atoms with Crippen LogP contribution in [0, 0.1) is 6.92 Å². The van der Waals surface area contributed by atoms with Gasteiger partial charge in [0.1, 0.15) is 17.3 Å². The van der Waals surface area contributed by atoms with Crippen LogP contribution in [-0.2, 0) is 4.74 Å². The molecule has 0 fully saturated rings. The third-order valence-electron chi connectivity index (χ3n) is 2.71. The fourth-order valence-corrected chi connectivity index (χ4v) is 1.77. The zero-order valence-electron chi connectivity index (χ0n) is 12.1. The Labute approximate surface area is 123 Å². The van der Waals surface area contributed by atoms with E-state index in [9.17, 15) is 4.79 Å². The van der Waals surface area contributed by atoms with Gasteiger partial charge in [-0.05, 0) is 19.1 Å². The molecule has 1 heterocycles. The fraction of sp³-hybridized carbons (Fsp3) is 0.267. The SMILES string of the molecule is COCCNc1cc(C(=O)Nc2ccccc2)nc(C)n1. The van der Waals surface area contributed by atoms with Crippen LogP contribution in [0.4, 0.5) is 11.5 Å². The summed E-state index contributed by atoms with van der Waals surface area (Å²) in [6.07, 6.45) is 0. The minimum Gasteiger partial charge on any atom is -0.383 e. The maximum atomic E-state index is 12.2. The van der Waals surface area contributed by atoms with Crippen LogP contribution in [0.5, 0.6) is 0 Å². The third kappa shape index (κ3) is 4.54. The highest BCUT2D eigenvalue weighted by atomic mass is 16.5. The van der Waals surface area contributed by atoms with Gasteiger partial charge in [0.05, 0.1) is 6.61 Å². The molecule has 6 heteroatoms. The van der Waals surface area contributed by atoms with Gasteiger partial charge in [0.15, 0.2) is 0 Å². The molecule has 1 aromatic carbocycles. The van der Waals surface area contributed by atoms with Crippen LogP contribution >= 0.6 is 0 Å². The van der Waals surface area contributed by atoms with Gasteiger partial charge in [0, 0.05) is 25.4 Å². The van der Waals surface area contributed by atoms with Crippen molar-refractivity contribution in [3.05, 3.63) is 47.9 Å². The lowest BCUT2D eigenvalue weighted by Crippen LogP contribution is -2.16. The van der Waals surface area contributed by atoms with Crippen molar-refractivity contribution < 1.29 is 9.53 Å². The van der Waals surface area contributed by atoms with Crippen molar-refractivity contribution in [1.29, 1.82) is 0 Å². The molecule has 0 atom stereocenters. The molecule has 21 heavy (non-hydrogen) atoms. The number of aromatic nitrogens is 2. The number of carbonyl (C=O) groups is 1. The van der Waals surface area contributed by atoms with Gasteiger partial charge in [-0.15, -0.1) is 0 Å². The molecule has 0 radical (unpaired) electrons. The molecule has 110 valence electrons. The normalized spacial score (nSPS) is 10.2. The molecule has 2 N–H and O–H groups in total. The second-order valence-corrected chi connectivity index (χ2v) is 4.43. The van der Waals surface area contributed by atoms with E-state index in [2.05, 4.69) is 20.6 Å². The van der Waals surface area contributed by atoms with Crippen LogP contribution in [0.15, 0.2) is 36.4 Å². The molecule has 2 aromatic rings. The van der Waals surface area contributed by atoms with Crippen molar-refractivity contribution in [2.24, 2.45) is 0 Å². The largest absolute Gasteiger partial charge is 0.383 e. The number of carbonyl (C=O) groups excluding carboxylic acids is 1. The van der Waals surface area contributed by atoms with Gasteiger partial charge in [0.25, 0.3) is 5.91 Å². The number of amides is 1. The summed E-state index contributed by atoms with van der Waals surface area (Å²) in [5.74, 6) is 0.884. The summed E-state index contributed by atoms with van der Waals surface area (Å²) in [6, 6.07) is 10.9. The zero-order valence-corrected chi connectivity index (χ0v) is 12.1. The Kier molecular flexibility index (Phi) is 5.22. The van der Waals surface area contributed by atoms with Crippen molar-refractivity contribution in [2.75, 3.05) is 30.9 Å². The Bertz CT molecular complexity index is 602. The number of hydrogen-bond donors (Lipinski definition) is 2. The first-order valence-corrected chi connectivity index (χ1v) is 6.64. The summed E-state index contributed by atoms with van der Waals surface area (Å²) < 4.78 is 4.97. The highest BCUT2D eigenvalue weighted by Gasteiger charge is 2.10. The van der Waals surface area contributed by atoms with Gasteiger partial charge < -0.3 is 15.4 Å². The molecule has 0 unspecified atom stereocenters. The smallest absolute Gasteiger partial charge is 0.274 e. The fourth-order valence-electron chi connectivity index (χ4n) is 1.77. The van der Waals surface area contributed by atoms with E-state index in [0.29, 0.717) is 30.5 Å². The van der Waals surface area contributed by atoms with Gasteiger partial charge in [-0.3, -0.25) is 4.79 Å². The number of ether oxygens (including phenoxy) is 1. The molecule has 1 amide bonds. The van der Waals surface area contributed by atoms with Crippen LogP contribution in [0.2, 0.25) is 0 Å². The zero-order chi connectivity index (χ0) is 15.1. The molecular weight excluding hydrogens is 268 g/mol. The first-order chi connectivity index (χ1) is 10.2. The number of nitrogens with zero attached hydrogens (tertiary/aromatic N) is 2. The van der Waals surface area contributed by atoms with E-state index >= 15 is 0 Å². The lowest BCUT2D eigenvalue weighted by Gasteiger charge is -2.09. The molecule has 0 aliphatic rings. The predicted molar refractivity (Wildman–Crippen MR) is 81.5 cm³/mol. The predicted octanol–water partition coefficient (Wildman–Crippen LogP) is 2.10. The Balaban J connectivity index is 2.09. The Morgan fingerprint density at radius 1 is 1.24 bits per heavy atom. The van der Waals surface area contributed by atoms with Crippen molar-refractivity contribution >= 4 is 17.4 Å². The van der Waals surface area contributed by atoms with Crippen molar-refractivity contribution in [3.63, 3.8) is 0 Å². The minimum absolute atomic E-state index is 0.263. The summed E-state index contributed by atoms with van der Waals surface area (Å²) in [6.45, 7) is 2.93. The number of rotatable bonds is 6. The van der Waals surface area contributed by atoms with E-state index < -0.39 is 0 Å². The summed E-state index contributed by atoms with van der Waals surface area (Å²) in [4.78, 5) is 20.6. The molecule has 0 saturated heterocycles. The summed E-state index contributed by atoms with van der Waals surface area (Å²) in [5.41, 5.74) is 1.05. The first kappa shape index (κ1) is 14.9. The van der Waals surface area contributed by atoms with Gasteiger partial charge in [0.2, 0.25) is 0 Å². The van der Waals surface area contributed by atoms with E-state index in [4.69, 9.17) is 4.74 Å². The highest BCUT2D eigenvalue weighted by molar-refractivity contribution is 6.03. The van der Waals surface area contributed by atoms with E-state index in [1.165, 1.54) is 0 Å².